The number of nitrogens with one attached hydrogen (secondary N) is 3. The predicted octanol–water partition coefficient (Wildman–Crippen LogP) is 3.45. The van der Waals surface area contributed by atoms with E-state index in [2.05, 4.69) is 21.2 Å². The first-order valence-corrected chi connectivity index (χ1v) is 6.60. The molecule has 0 atom stereocenters. The Morgan fingerprint density at radius 2 is 1.95 bits per heavy atom. The van der Waals surface area contributed by atoms with Gasteiger partial charge in [-0.15, -0.1) is 0 Å². The Kier molecular flexibility index (Phi) is 4.97. The van der Waals surface area contributed by atoms with Crippen molar-refractivity contribution < 1.29 is 9.72 Å². The standard InChI is InChI=1S/C12H9Cl2N5O3/c13-9-3-1-7(5-10(9)14)16-12(20)18-17-11-4-2-8(6-15-11)19(21)22/h1-6H,(H,15,17)(H2,16,18,20). The summed E-state index contributed by atoms with van der Waals surface area (Å²) < 4.78 is 0. The molecule has 0 aliphatic carbocycles. The third-order valence-corrected chi connectivity index (χ3v) is 3.18. The van der Waals surface area contributed by atoms with Crippen LogP contribution >= 0.6 is 23.2 Å². The normalized spacial score (nSPS) is 9.91. The van der Waals surface area contributed by atoms with Gasteiger partial charge in [-0.25, -0.2) is 9.78 Å². The molecule has 0 spiro atoms. The highest BCUT2D eigenvalue weighted by Crippen LogP contribution is 2.24. The zero-order valence-electron chi connectivity index (χ0n) is 10.8. The van der Waals surface area contributed by atoms with Crippen LogP contribution in [0.25, 0.3) is 0 Å². The first-order chi connectivity index (χ1) is 10.5. The summed E-state index contributed by atoms with van der Waals surface area (Å²) in [5, 5.41) is 13.7. The van der Waals surface area contributed by atoms with Crippen molar-refractivity contribution in [2.24, 2.45) is 0 Å². The van der Waals surface area contributed by atoms with Gasteiger partial charge in [0.1, 0.15) is 12.0 Å². The van der Waals surface area contributed by atoms with E-state index in [4.69, 9.17) is 23.2 Å². The molecule has 3 N–H and O–H groups in total. The molecular weight excluding hydrogens is 333 g/mol. The predicted molar refractivity (Wildman–Crippen MR) is 83.1 cm³/mol. The molecule has 0 unspecified atom stereocenters. The molecular formula is C12H9Cl2N5O3. The Bertz CT molecular complexity index is 708. The second-order valence-electron chi connectivity index (χ2n) is 3.99. The van der Waals surface area contributed by atoms with Crippen molar-refractivity contribution in [3.8, 4) is 0 Å². The zero-order valence-corrected chi connectivity index (χ0v) is 12.4. The Morgan fingerprint density at radius 3 is 2.55 bits per heavy atom. The summed E-state index contributed by atoms with van der Waals surface area (Å²) in [5.74, 6) is 0.245. The lowest BCUT2D eigenvalue weighted by atomic mass is 10.3. The number of nitro groups is 1. The molecule has 0 saturated heterocycles. The molecule has 22 heavy (non-hydrogen) atoms. The minimum Gasteiger partial charge on any atom is -0.307 e. The fraction of sp³-hybridized carbons (Fsp3) is 0. The van der Waals surface area contributed by atoms with Crippen molar-refractivity contribution in [2.45, 2.75) is 0 Å². The van der Waals surface area contributed by atoms with Crippen LogP contribution in [0.15, 0.2) is 36.5 Å². The molecule has 0 fully saturated rings. The van der Waals surface area contributed by atoms with Crippen molar-refractivity contribution in [2.75, 3.05) is 10.7 Å². The van der Waals surface area contributed by atoms with Gasteiger partial charge in [0.15, 0.2) is 0 Å². The highest BCUT2D eigenvalue weighted by atomic mass is 35.5. The average molecular weight is 342 g/mol. The second kappa shape index (κ2) is 6.92. The number of hydrazine groups is 1. The van der Waals surface area contributed by atoms with Crippen molar-refractivity contribution in [1.29, 1.82) is 0 Å². The summed E-state index contributed by atoms with van der Waals surface area (Å²) in [6, 6.07) is 6.67. The molecule has 0 saturated carbocycles. The smallest absolute Gasteiger partial charge is 0.307 e. The van der Waals surface area contributed by atoms with Crippen LogP contribution < -0.4 is 16.2 Å². The van der Waals surface area contributed by atoms with Gasteiger partial charge in [0, 0.05) is 11.8 Å². The third kappa shape index (κ3) is 4.21. The Labute approximate surface area is 134 Å². The number of anilines is 2. The summed E-state index contributed by atoms with van der Waals surface area (Å²) in [6.45, 7) is 0. The van der Waals surface area contributed by atoms with Crippen LogP contribution in [0.3, 0.4) is 0 Å². The summed E-state index contributed by atoms with van der Waals surface area (Å²) in [5.41, 5.74) is 5.13. The third-order valence-electron chi connectivity index (χ3n) is 2.44. The van der Waals surface area contributed by atoms with Crippen LogP contribution in [0.4, 0.5) is 22.0 Å². The maximum Gasteiger partial charge on any atom is 0.337 e. The van der Waals surface area contributed by atoms with E-state index in [0.29, 0.717) is 15.7 Å². The summed E-state index contributed by atoms with van der Waals surface area (Å²) in [6.07, 6.45) is 1.07. The average Bonchev–Trinajstić information content (AvgIpc) is 2.49. The minimum atomic E-state index is -0.571. The van der Waals surface area contributed by atoms with E-state index in [0.717, 1.165) is 6.20 Å². The van der Waals surface area contributed by atoms with Gasteiger partial charge in [0.2, 0.25) is 0 Å². The number of hydrogen-bond donors (Lipinski definition) is 3. The quantitative estimate of drug-likeness (QED) is 0.582. The Balaban J connectivity index is 1.89. The molecule has 2 amide bonds. The number of aromatic nitrogens is 1. The molecule has 1 aromatic carbocycles. The lowest BCUT2D eigenvalue weighted by Gasteiger charge is -2.09. The highest BCUT2D eigenvalue weighted by molar-refractivity contribution is 6.42. The zero-order chi connectivity index (χ0) is 16.1. The molecule has 0 aliphatic heterocycles. The highest BCUT2D eigenvalue weighted by Gasteiger charge is 2.07. The molecule has 2 rings (SSSR count). The van der Waals surface area contributed by atoms with Crippen LogP contribution in [-0.2, 0) is 0 Å². The molecule has 1 aromatic heterocycles. The van der Waals surface area contributed by atoms with Gasteiger partial charge in [0.05, 0.1) is 15.0 Å². The first-order valence-electron chi connectivity index (χ1n) is 5.84. The van der Waals surface area contributed by atoms with Crippen LogP contribution in [0.1, 0.15) is 0 Å². The fourth-order valence-electron chi connectivity index (χ4n) is 1.43. The van der Waals surface area contributed by atoms with Gasteiger partial charge in [-0.05, 0) is 24.3 Å². The van der Waals surface area contributed by atoms with Crippen molar-refractivity contribution in [3.63, 3.8) is 0 Å². The lowest BCUT2D eigenvalue weighted by Crippen LogP contribution is -2.33. The molecule has 10 heteroatoms. The van der Waals surface area contributed by atoms with E-state index in [1.807, 2.05) is 0 Å². The van der Waals surface area contributed by atoms with Crippen molar-refractivity contribution in [1.82, 2.24) is 10.4 Å². The number of nitrogens with zero attached hydrogens (tertiary/aromatic N) is 2. The van der Waals surface area contributed by atoms with Gasteiger partial charge in [0.25, 0.3) is 5.69 Å². The number of carbonyl (C=O) groups is 1. The summed E-state index contributed by atoms with van der Waals surface area (Å²) >= 11 is 11.6. The topological polar surface area (TPSA) is 109 Å². The molecule has 0 bridgehead atoms. The fourth-order valence-corrected chi connectivity index (χ4v) is 1.72. The second-order valence-corrected chi connectivity index (χ2v) is 4.81. The van der Waals surface area contributed by atoms with Gasteiger partial charge in [-0.3, -0.25) is 21.0 Å². The number of pyridine rings is 1. The molecule has 8 nitrogen and oxygen atoms in total. The van der Waals surface area contributed by atoms with Crippen molar-refractivity contribution >= 4 is 46.4 Å². The van der Waals surface area contributed by atoms with Gasteiger partial charge in [-0.2, -0.15) is 0 Å². The van der Waals surface area contributed by atoms with Crippen LogP contribution in [0.2, 0.25) is 10.0 Å². The number of amides is 2. The molecule has 114 valence electrons. The maximum absolute atomic E-state index is 11.7. The van der Waals surface area contributed by atoms with Crippen LogP contribution in [0, 0.1) is 10.1 Å². The largest absolute Gasteiger partial charge is 0.337 e. The van der Waals surface area contributed by atoms with E-state index in [1.54, 1.807) is 12.1 Å². The van der Waals surface area contributed by atoms with E-state index in [-0.39, 0.29) is 11.5 Å². The number of hydrogen-bond acceptors (Lipinski definition) is 5. The van der Waals surface area contributed by atoms with Crippen molar-refractivity contribution in [3.05, 3.63) is 56.7 Å². The number of urea groups is 1. The van der Waals surface area contributed by atoms with E-state index >= 15 is 0 Å². The molecule has 0 radical (unpaired) electrons. The Hall–Kier alpha value is -2.58. The summed E-state index contributed by atoms with van der Waals surface area (Å²) in [7, 11) is 0. The lowest BCUT2D eigenvalue weighted by molar-refractivity contribution is -0.385. The maximum atomic E-state index is 11.7. The number of rotatable bonds is 4. The van der Waals surface area contributed by atoms with E-state index in [1.165, 1.54) is 18.2 Å². The summed E-state index contributed by atoms with van der Waals surface area (Å²) in [4.78, 5) is 25.3. The van der Waals surface area contributed by atoms with E-state index in [9.17, 15) is 14.9 Å². The number of halogens is 2. The van der Waals surface area contributed by atoms with Crippen LogP contribution in [-0.4, -0.2) is 15.9 Å². The minimum absolute atomic E-state index is 0.147. The van der Waals surface area contributed by atoms with Crippen LogP contribution in [0.5, 0.6) is 0 Å². The van der Waals surface area contributed by atoms with Gasteiger partial charge in [-0.1, -0.05) is 23.2 Å². The monoisotopic (exact) mass is 341 g/mol. The van der Waals surface area contributed by atoms with E-state index < -0.39 is 11.0 Å². The number of benzene rings is 1. The van der Waals surface area contributed by atoms with Gasteiger partial charge < -0.3 is 5.32 Å². The number of carbonyl (C=O) groups excluding carboxylic acids is 1. The van der Waals surface area contributed by atoms with Gasteiger partial charge >= 0.3 is 6.03 Å². The molecule has 2 aromatic rings. The molecule has 0 aliphatic rings. The molecule has 1 heterocycles. The first kappa shape index (κ1) is 15.8. The Morgan fingerprint density at radius 1 is 1.18 bits per heavy atom. The SMILES string of the molecule is O=C(NNc1ccc([N+](=O)[O-])cn1)Nc1ccc(Cl)c(Cl)c1.